The lowest BCUT2D eigenvalue weighted by Gasteiger charge is -2.30. The van der Waals surface area contributed by atoms with Gasteiger partial charge in [-0.05, 0) is 79.3 Å². The van der Waals surface area contributed by atoms with Gasteiger partial charge >= 0.3 is 5.97 Å². The van der Waals surface area contributed by atoms with Crippen LogP contribution in [0.25, 0.3) is 10.8 Å². The number of benzene rings is 3. The minimum Gasteiger partial charge on any atom is -0.480 e. The number of halogens is 2. The summed E-state index contributed by atoms with van der Waals surface area (Å²) in [5, 5.41) is 17.7. The summed E-state index contributed by atoms with van der Waals surface area (Å²) in [5.74, 6) is -0.864. The zero-order valence-corrected chi connectivity index (χ0v) is 28.2. The molecule has 0 saturated carbocycles. The minimum atomic E-state index is -4.43. The van der Waals surface area contributed by atoms with Gasteiger partial charge in [0.05, 0.1) is 10.6 Å². The summed E-state index contributed by atoms with van der Waals surface area (Å²) in [4.78, 5) is 32.0. The number of carbonyl (C=O) groups is 2. The largest absolute Gasteiger partial charge is 0.480 e. The lowest BCUT2D eigenvalue weighted by molar-refractivity contribution is -0.138. The molecular weight excluding hydrogens is 649 g/mol. The summed E-state index contributed by atoms with van der Waals surface area (Å²) in [7, 11) is -0.434. The van der Waals surface area contributed by atoms with Crippen molar-refractivity contribution in [2.75, 3.05) is 36.8 Å². The Hall–Kier alpha value is -3.90. The van der Waals surface area contributed by atoms with Crippen molar-refractivity contribution in [2.45, 2.75) is 43.7 Å². The molecule has 10 nitrogen and oxygen atoms in total. The van der Waals surface area contributed by atoms with E-state index in [-0.39, 0.29) is 39.5 Å². The fourth-order valence-electron chi connectivity index (χ4n) is 4.94. The summed E-state index contributed by atoms with van der Waals surface area (Å²) in [6, 6.07) is 16.1. The number of hydrogen-bond acceptors (Lipinski definition) is 7. The van der Waals surface area contributed by atoms with Crippen LogP contribution in [0.2, 0.25) is 10.0 Å². The lowest BCUT2D eigenvalue weighted by Crippen LogP contribution is -2.45. The van der Waals surface area contributed by atoms with E-state index in [9.17, 15) is 23.1 Å². The highest BCUT2D eigenvalue weighted by molar-refractivity contribution is 7.93. The third-order valence-corrected chi connectivity index (χ3v) is 9.55. The first kappa shape index (κ1) is 35.0. The Labute approximate surface area is 279 Å². The summed E-state index contributed by atoms with van der Waals surface area (Å²) >= 11 is 12.3. The highest BCUT2D eigenvalue weighted by atomic mass is 35.5. The number of carboxylic acid groups (broad SMARTS) is 1. The number of hydrogen-bond donors (Lipinski definition) is 3. The molecule has 1 unspecified atom stereocenters. The molecular formula is C33H37Cl2N5O5S. The number of aliphatic carboxylic acids is 1. The van der Waals surface area contributed by atoms with Gasteiger partial charge in [0.15, 0.2) is 0 Å². The van der Waals surface area contributed by atoms with Gasteiger partial charge in [0.2, 0.25) is 0 Å². The highest BCUT2D eigenvalue weighted by Gasteiger charge is 2.36. The molecule has 1 amide bonds. The first-order chi connectivity index (χ1) is 21.9. The van der Waals surface area contributed by atoms with E-state index in [4.69, 9.17) is 23.2 Å². The van der Waals surface area contributed by atoms with Crippen molar-refractivity contribution in [3.63, 3.8) is 0 Å². The molecule has 3 aromatic carbocycles. The van der Waals surface area contributed by atoms with Gasteiger partial charge < -0.3 is 20.6 Å². The number of anilines is 2. The van der Waals surface area contributed by atoms with Gasteiger partial charge in [-0.2, -0.15) is 0 Å². The summed E-state index contributed by atoms with van der Waals surface area (Å²) < 4.78 is 29.0. The molecule has 1 aromatic heterocycles. The van der Waals surface area contributed by atoms with Crippen molar-refractivity contribution in [1.29, 1.82) is 0 Å². The third-order valence-electron chi connectivity index (χ3n) is 7.30. The van der Waals surface area contributed by atoms with Crippen LogP contribution in [-0.4, -0.2) is 68.5 Å². The number of likely N-dealkylation sites (N-methyl/N-ethyl adjacent to an activating group) is 1. The van der Waals surface area contributed by atoms with Crippen LogP contribution < -0.4 is 14.9 Å². The summed E-state index contributed by atoms with van der Waals surface area (Å²) in [5.41, 5.74) is 1.34. The Kier molecular flexibility index (Phi) is 11.9. The fourth-order valence-corrected chi connectivity index (χ4v) is 7.30. The zero-order chi connectivity index (χ0) is 33.4. The van der Waals surface area contributed by atoms with Crippen molar-refractivity contribution in [3.05, 3.63) is 94.1 Å². The normalized spacial score (nSPS) is 12.2. The van der Waals surface area contributed by atoms with Crippen LogP contribution in [0.4, 0.5) is 11.5 Å². The Morgan fingerprint density at radius 1 is 1.00 bits per heavy atom. The van der Waals surface area contributed by atoms with Crippen LogP contribution in [0.15, 0.2) is 77.8 Å². The molecule has 244 valence electrons. The molecule has 1 heterocycles. The van der Waals surface area contributed by atoms with E-state index in [1.165, 1.54) is 24.3 Å². The van der Waals surface area contributed by atoms with Crippen molar-refractivity contribution in [2.24, 2.45) is 0 Å². The van der Waals surface area contributed by atoms with E-state index in [0.29, 0.717) is 29.2 Å². The standard InChI is InChI=1S/C33H37Cl2N5O5S/c1-4-5-9-30(33(42)43)40(46(44,45)27-18-24(34)17-25(35)19-27)26-11-12-28-23(16-26)7-6-8-29(28)32(41)38-21-22-10-13-31(37-20-22)36-14-15-39(2)3/h6-8,10-13,16-20,30H,4-5,9,14-15,21H2,1-3H3,(H,36,37)(H,38,41)(H,42,43). The molecule has 0 radical (unpaired) electrons. The predicted molar refractivity (Wildman–Crippen MR) is 183 cm³/mol. The number of sulfonamides is 1. The fraction of sp³-hybridized carbons (Fsp3) is 0.303. The molecule has 13 heteroatoms. The van der Waals surface area contributed by atoms with E-state index >= 15 is 0 Å². The number of unbranched alkanes of at least 4 members (excludes halogenated alkanes) is 1. The van der Waals surface area contributed by atoms with Crippen LogP contribution >= 0.6 is 23.2 Å². The molecule has 0 bridgehead atoms. The molecule has 0 aliphatic rings. The first-order valence-electron chi connectivity index (χ1n) is 14.8. The number of aromatic nitrogens is 1. The summed E-state index contributed by atoms with van der Waals surface area (Å²) in [6.45, 7) is 3.78. The van der Waals surface area contributed by atoms with Crippen molar-refractivity contribution < 1.29 is 23.1 Å². The highest BCUT2D eigenvalue weighted by Crippen LogP contribution is 2.34. The molecule has 0 aliphatic carbocycles. The number of pyridine rings is 1. The smallest absolute Gasteiger partial charge is 0.327 e. The van der Waals surface area contributed by atoms with Crippen LogP contribution in [0.3, 0.4) is 0 Å². The Bertz CT molecular complexity index is 1780. The Morgan fingerprint density at radius 3 is 2.37 bits per heavy atom. The number of nitrogens with zero attached hydrogens (tertiary/aromatic N) is 3. The van der Waals surface area contributed by atoms with Gasteiger partial charge in [-0.25, -0.2) is 18.2 Å². The Balaban J connectivity index is 1.63. The Morgan fingerprint density at radius 2 is 1.74 bits per heavy atom. The third kappa shape index (κ3) is 8.67. The number of carbonyl (C=O) groups excluding carboxylic acids is 1. The number of fused-ring (bicyclic) bond motifs is 1. The lowest BCUT2D eigenvalue weighted by atomic mass is 10.0. The second-order valence-electron chi connectivity index (χ2n) is 11.1. The molecule has 4 rings (SSSR count). The molecule has 0 aliphatic heterocycles. The van der Waals surface area contributed by atoms with Gasteiger partial charge in [-0.1, -0.05) is 67.2 Å². The predicted octanol–water partition coefficient (Wildman–Crippen LogP) is 6.28. The van der Waals surface area contributed by atoms with E-state index < -0.39 is 22.0 Å². The van der Waals surface area contributed by atoms with E-state index in [1.807, 2.05) is 33.2 Å². The van der Waals surface area contributed by atoms with E-state index in [1.54, 1.807) is 36.5 Å². The first-order valence-corrected chi connectivity index (χ1v) is 17.0. The quantitative estimate of drug-likeness (QED) is 0.133. The second-order valence-corrected chi connectivity index (χ2v) is 13.8. The van der Waals surface area contributed by atoms with Crippen LogP contribution in [-0.2, 0) is 21.4 Å². The van der Waals surface area contributed by atoms with Gasteiger partial charge in [0.25, 0.3) is 15.9 Å². The number of carboxylic acids is 1. The molecule has 4 aromatic rings. The van der Waals surface area contributed by atoms with E-state index in [2.05, 4.69) is 20.5 Å². The number of amides is 1. The van der Waals surface area contributed by atoms with Gasteiger partial charge in [-0.15, -0.1) is 0 Å². The average Bonchev–Trinajstić information content (AvgIpc) is 3.01. The second kappa shape index (κ2) is 15.6. The van der Waals surface area contributed by atoms with Crippen LogP contribution in [0.5, 0.6) is 0 Å². The van der Waals surface area contributed by atoms with E-state index in [0.717, 1.165) is 28.8 Å². The van der Waals surface area contributed by atoms with Crippen molar-refractivity contribution >= 4 is 67.4 Å². The molecule has 46 heavy (non-hydrogen) atoms. The zero-order valence-electron chi connectivity index (χ0n) is 25.8. The monoisotopic (exact) mass is 685 g/mol. The number of rotatable bonds is 15. The average molecular weight is 687 g/mol. The topological polar surface area (TPSA) is 132 Å². The molecule has 0 fully saturated rings. The van der Waals surface area contributed by atoms with Crippen LogP contribution in [0, 0.1) is 0 Å². The van der Waals surface area contributed by atoms with Crippen molar-refractivity contribution in [1.82, 2.24) is 15.2 Å². The van der Waals surface area contributed by atoms with Crippen LogP contribution in [0.1, 0.15) is 42.1 Å². The maximum Gasteiger partial charge on any atom is 0.327 e. The SMILES string of the molecule is CCCCC(C(=O)O)N(c1ccc2c(C(=O)NCc3ccc(NCCN(C)C)nc3)cccc2c1)S(=O)(=O)c1cc(Cl)cc(Cl)c1. The molecule has 1 atom stereocenters. The summed E-state index contributed by atoms with van der Waals surface area (Å²) in [6.07, 6.45) is 2.95. The van der Waals surface area contributed by atoms with Gasteiger partial charge in [-0.3, -0.25) is 9.10 Å². The minimum absolute atomic E-state index is 0.0851. The van der Waals surface area contributed by atoms with Gasteiger partial charge in [0, 0.05) is 41.4 Å². The molecule has 0 saturated heterocycles. The van der Waals surface area contributed by atoms with Crippen molar-refractivity contribution in [3.8, 4) is 0 Å². The molecule has 0 spiro atoms. The number of nitrogens with one attached hydrogen (secondary N) is 2. The van der Waals surface area contributed by atoms with Gasteiger partial charge in [0.1, 0.15) is 11.9 Å². The molecule has 3 N–H and O–H groups in total. The maximum atomic E-state index is 14.0. The maximum absolute atomic E-state index is 14.0.